The van der Waals surface area contributed by atoms with Crippen LogP contribution in [0.4, 0.5) is 0 Å². The summed E-state index contributed by atoms with van der Waals surface area (Å²) in [5, 5.41) is 0. The minimum Gasteiger partial charge on any atom is -0.0998 e. The van der Waals surface area contributed by atoms with Crippen LogP contribution < -0.4 is 0 Å². The standard InChI is InChI=1S/C13H22/c1-5-6-7-11(3)12(4)13-8-10(2)9-13/h5-6,11-13H,2,7-9H2,1,3-4H3. The van der Waals surface area contributed by atoms with E-state index in [1.54, 1.807) is 0 Å². The van der Waals surface area contributed by atoms with Crippen LogP contribution >= 0.6 is 0 Å². The molecular formula is C13H22. The Balaban J connectivity index is 2.29. The Morgan fingerprint density at radius 1 is 1.46 bits per heavy atom. The van der Waals surface area contributed by atoms with Gasteiger partial charge in [-0.05, 0) is 43.9 Å². The summed E-state index contributed by atoms with van der Waals surface area (Å²) >= 11 is 0. The van der Waals surface area contributed by atoms with Gasteiger partial charge in [0.1, 0.15) is 0 Å². The van der Waals surface area contributed by atoms with E-state index < -0.39 is 0 Å². The van der Waals surface area contributed by atoms with Crippen LogP contribution in [0.2, 0.25) is 0 Å². The molecule has 2 atom stereocenters. The second kappa shape index (κ2) is 4.64. The summed E-state index contributed by atoms with van der Waals surface area (Å²) < 4.78 is 0. The summed E-state index contributed by atoms with van der Waals surface area (Å²) in [5.74, 6) is 2.61. The Morgan fingerprint density at radius 2 is 2.08 bits per heavy atom. The molecule has 0 amide bonds. The van der Waals surface area contributed by atoms with E-state index in [4.69, 9.17) is 0 Å². The maximum atomic E-state index is 4.00. The summed E-state index contributed by atoms with van der Waals surface area (Å²) in [6.45, 7) is 10.9. The summed E-state index contributed by atoms with van der Waals surface area (Å²) in [4.78, 5) is 0. The number of hydrogen-bond donors (Lipinski definition) is 0. The van der Waals surface area contributed by atoms with Gasteiger partial charge in [-0.25, -0.2) is 0 Å². The van der Waals surface area contributed by atoms with E-state index in [1.807, 2.05) is 0 Å². The maximum Gasteiger partial charge on any atom is -0.0289 e. The molecule has 0 radical (unpaired) electrons. The van der Waals surface area contributed by atoms with Crippen molar-refractivity contribution in [1.82, 2.24) is 0 Å². The smallest absolute Gasteiger partial charge is 0.0289 e. The highest BCUT2D eigenvalue weighted by molar-refractivity contribution is 5.09. The monoisotopic (exact) mass is 178 g/mol. The third-order valence-electron chi connectivity index (χ3n) is 3.49. The fourth-order valence-corrected chi connectivity index (χ4v) is 2.08. The molecule has 0 saturated heterocycles. The first-order chi connectivity index (χ1) is 6.15. The molecule has 0 nitrogen and oxygen atoms in total. The lowest BCUT2D eigenvalue weighted by Crippen LogP contribution is -2.26. The third kappa shape index (κ3) is 2.72. The lowest BCUT2D eigenvalue weighted by atomic mass is 9.69. The van der Waals surface area contributed by atoms with E-state index in [-0.39, 0.29) is 0 Å². The zero-order valence-electron chi connectivity index (χ0n) is 9.22. The van der Waals surface area contributed by atoms with Gasteiger partial charge in [0.2, 0.25) is 0 Å². The van der Waals surface area contributed by atoms with Gasteiger partial charge in [-0.2, -0.15) is 0 Å². The van der Waals surface area contributed by atoms with Crippen LogP contribution in [0.25, 0.3) is 0 Å². The van der Waals surface area contributed by atoms with Gasteiger partial charge in [0.05, 0.1) is 0 Å². The topological polar surface area (TPSA) is 0 Å². The van der Waals surface area contributed by atoms with Crippen molar-refractivity contribution < 1.29 is 0 Å². The molecule has 74 valence electrons. The van der Waals surface area contributed by atoms with Gasteiger partial charge in [0.15, 0.2) is 0 Å². The second-order valence-electron chi connectivity index (χ2n) is 4.56. The highest BCUT2D eigenvalue weighted by atomic mass is 14.3. The first-order valence-electron chi connectivity index (χ1n) is 5.43. The molecule has 0 spiro atoms. The van der Waals surface area contributed by atoms with Crippen LogP contribution in [-0.2, 0) is 0 Å². The van der Waals surface area contributed by atoms with Gasteiger partial charge in [0, 0.05) is 0 Å². The lowest BCUT2D eigenvalue weighted by Gasteiger charge is -2.36. The lowest BCUT2D eigenvalue weighted by molar-refractivity contribution is 0.217. The van der Waals surface area contributed by atoms with Crippen molar-refractivity contribution in [3.05, 3.63) is 24.3 Å². The number of allylic oxidation sites excluding steroid dienone is 3. The molecule has 0 aromatic rings. The largest absolute Gasteiger partial charge is 0.0998 e. The number of hydrogen-bond acceptors (Lipinski definition) is 0. The van der Waals surface area contributed by atoms with Crippen LogP contribution in [0.15, 0.2) is 24.3 Å². The first kappa shape index (κ1) is 10.6. The van der Waals surface area contributed by atoms with Crippen molar-refractivity contribution in [2.45, 2.75) is 40.0 Å². The Hall–Kier alpha value is -0.520. The molecular weight excluding hydrogens is 156 g/mol. The van der Waals surface area contributed by atoms with Crippen molar-refractivity contribution in [1.29, 1.82) is 0 Å². The van der Waals surface area contributed by atoms with Crippen molar-refractivity contribution in [3.8, 4) is 0 Å². The molecule has 0 bridgehead atoms. The van der Waals surface area contributed by atoms with E-state index in [2.05, 4.69) is 39.5 Å². The molecule has 2 unspecified atom stereocenters. The van der Waals surface area contributed by atoms with Gasteiger partial charge >= 0.3 is 0 Å². The van der Waals surface area contributed by atoms with Crippen LogP contribution in [0.3, 0.4) is 0 Å². The Kier molecular flexibility index (Phi) is 3.77. The summed E-state index contributed by atoms with van der Waals surface area (Å²) in [6.07, 6.45) is 8.24. The molecule has 1 aliphatic rings. The summed E-state index contributed by atoms with van der Waals surface area (Å²) in [6, 6.07) is 0. The zero-order valence-corrected chi connectivity index (χ0v) is 9.22. The predicted octanol–water partition coefficient (Wildman–Crippen LogP) is 4.19. The first-order valence-corrected chi connectivity index (χ1v) is 5.43. The summed E-state index contributed by atoms with van der Waals surface area (Å²) in [5.41, 5.74) is 1.45. The fourth-order valence-electron chi connectivity index (χ4n) is 2.08. The molecule has 0 aromatic heterocycles. The molecule has 1 rings (SSSR count). The number of rotatable bonds is 4. The molecule has 1 aliphatic carbocycles. The zero-order chi connectivity index (χ0) is 9.84. The normalized spacial score (nSPS) is 23.2. The van der Waals surface area contributed by atoms with Crippen LogP contribution in [-0.4, -0.2) is 0 Å². The SMILES string of the molecule is C=C1CC(C(C)C(C)CC=CC)C1. The molecule has 0 heteroatoms. The van der Waals surface area contributed by atoms with Gasteiger partial charge in [-0.3, -0.25) is 0 Å². The Bertz CT molecular complexity index is 192. The van der Waals surface area contributed by atoms with Gasteiger partial charge in [-0.15, -0.1) is 0 Å². The highest BCUT2D eigenvalue weighted by Crippen LogP contribution is 2.40. The molecule has 0 aromatic carbocycles. The molecule has 1 fully saturated rings. The van der Waals surface area contributed by atoms with Gasteiger partial charge in [-0.1, -0.05) is 38.2 Å². The van der Waals surface area contributed by atoms with Crippen molar-refractivity contribution in [2.75, 3.05) is 0 Å². The van der Waals surface area contributed by atoms with Crippen molar-refractivity contribution >= 4 is 0 Å². The van der Waals surface area contributed by atoms with Crippen molar-refractivity contribution in [2.24, 2.45) is 17.8 Å². The maximum absolute atomic E-state index is 4.00. The molecule has 1 saturated carbocycles. The minimum absolute atomic E-state index is 0.828. The van der Waals surface area contributed by atoms with E-state index in [0.29, 0.717) is 0 Å². The van der Waals surface area contributed by atoms with Gasteiger partial charge in [0.25, 0.3) is 0 Å². The van der Waals surface area contributed by atoms with Crippen LogP contribution in [0, 0.1) is 17.8 Å². The fraction of sp³-hybridized carbons (Fsp3) is 0.692. The summed E-state index contributed by atoms with van der Waals surface area (Å²) in [7, 11) is 0. The van der Waals surface area contributed by atoms with E-state index in [1.165, 1.54) is 24.8 Å². The molecule has 13 heavy (non-hydrogen) atoms. The third-order valence-corrected chi connectivity index (χ3v) is 3.49. The molecule has 0 heterocycles. The average molecular weight is 178 g/mol. The molecule has 0 N–H and O–H groups in total. The highest BCUT2D eigenvalue weighted by Gasteiger charge is 2.29. The average Bonchev–Trinajstić information content (AvgIpc) is 2.07. The molecule has 0 aliphatic heterocycles. The predicted molar refractivity (Wildman–Crippen MR) is 59.6 cm³/mol. The Morgan fingerprint density at radius 3 is 2.54 bits per heavy atom. The second-order valence-corrected chi connectivity index (χ2v) is 4.56. The van der Waals surface area contributed by atoms with Crippen molar-refractivity contribution in [3.63, 3.8) is 0 Å². The minimum atomic E-state index is 0.828. The van der Waals surface area contributed by atoms with Crippen LogP contribution in [0.5, 0.6) is 0 Å². The van der Waals surface area contributed by atoms with Crippen LogP contribution in [0.1, 0.15) is 40.0 Å². The quantitative estimate of drug-likeness (QED) is 0.566. The van der Waals surface area contributed by atoms with E-state index in [9.17, 15) is 0 Å². The van der Waals surface area contributed by atoms with Gasteiger partial charge < -0.3 is 0 Å². The van der Waals surface area contributed by atoms with E-state index in [0.717, 1.165) is 17.8 Å². The Labute approximate surface area is 82.7 Å². The van der Waals surface area contributed by atoms with E-state index >= 15 is 0 Å².